The first kappa shape index (κ1) is 21.5. The molecule has 1 aromatic heterocycles. The van der Waals surface area contributed by atoms with Gasteiger partial charge in [-0.25, -0.2) is 0 Å². The zero-order valence-electron chi connectivity index (χ0n) is 17.6. The van der Waals surface area contributed by atoms with Gasteiger partial charge in [0.2, 0.25) is 17.8 Å². The molecule has 2 aliphatic heterocycles. The number of para-hydroxylation sites is 1. The number of ether oxygens (including phenoxy) is 2. The van der Waals surface area contributed by atoms with Gasteiger partial charge >= 0.3 is 0 Å². The summed E-state index contributed by atoms with van der Waals surface area (Å²) in [6, 6.07) is 14.6. The van der Waals surface area contributed by atoms with Gasteiger partial charge in [0.25, 0.3) is 5.91 Å². The highest BCUT2D eigenvalue weighted by Crippen LogP contribution is 2.33. The van der Waals surface area contributed by atoms with Crippen LogP contribution in [0.25, 0.3) is 0 Å². The van der Waals surface area contributed by atoms with Crippen molar-refractivity contribution in [1.29, 1.82) is 0 Å². The molecule has 3 heterocycles. The summed E-state index contributed by atoms with van der Waals surface area (Å²) in [5.41, 5.74) is 1.37. The summed E-state index contributed by atoms with van der Waals surface area (Å²) in [6.45, 7) is 2.71. The number of rotatable bonds is 6. The molecular formula is C22H21N5O4S2. The first-order valence-corrected chi connectivity index (χ1v) is 12.2. The van der Waals surface area contributed by atoms with Crippen LogP contribution in [-0.4, -0.2) is 65.6 Å². The van der Waals surface area contributed by atoms with E-state index in [0.717, 1.165) is 15.2 Å². The second-order valence-electron chi connectivity index (χ2n) is 7.40. The maximum Gasteiger partial charge on any atom is 0.254 e. The summed E-state index contributed by atoms with van der Waals surface area (Å²) < 4.78 is 11.4. The van der Waals surface area contributed by atoms with Crippen LogP contribution in [-0.2, 0) is 4.79 Å². The Morgan fingerprint density at radius 1 is 1.00 bits per heavy atom. The normalized spacial score (nSPS) is 14.9. The van der Waals surface area contributed by atoms with Crippen LogP contribution in [0, 0.1) is 0 Å². The summed E-state index contributed by atoms with van der Waals surface area (Å²) in [5.74, 6) is 1.43. The number of nitrogens with one attached hydrogen (secondary N) is 1. The van der Waals surface area contributed by atoms with E-state index in [2.05, 4.69) is 20.4 Å². The standard InChI is InChI=1S/C22H21N5O4S2/c28-19(23-16-4-2-1-3-5-16)13-32-22-25-24-21(33-22)27-10-8-26(9-11-27)20(29)15-6-7-17-18(12-15)31-14-30-17/h1-7,12H,8-11,13-14H2,(H,23,28). The Kier molecular flexibility index (Phi) is 6.31. The molecule has 11 heteroatoms. The minimum Gasteiger partial charge on any atom is -0.454 e. The van der Waals surface area contributed by atoms with E-state index in [4.69, 9.17) is 9.47 Å². The average Bonchev–Trinajstić information content (AvgIpc) is 3.52. The Morgan fingerprint density at radius 3 is 2.61 bits per heavy atom. The lowest BCUT2D eigenvalue weighted by atomic mass is 10.1. The van der Waals surface area contributed by atoms with Crippen LogP contribution < -0.4 is 19.7 Å². The van der Waals surface area contributed by atoms with E-state index in [-0.39, 0.29) is 24.4 Å². The largest absolute Gasteiger partial charge is 0.454 e. The van der Waals surface area contributed by atoms with E-state index in [9.17, 15) is 9.59 Å². The first-order valence-electron chi connectivity index (χ1n) is 10.4. The predicted molar refractivity (Wildman–Crippen MR) is 126 cm³/mol. The SMILES string of the molecule is O=C(CSc1nnc(N2CCN(C(=O)c3ccc4c(c3)OCO4)CC2)s1)Nc1ccccc1. The molecule has 2 amide bonds. The number of hydrogen-bond acceptors (Lipinski definition) is 9. The number of benzene rings is 2. The van der Waals surface area contributed by atoms with Crippen molar-refractivity contribution in [3.8, 4) is 11.5 Å². The third-order valence-electron chi connectivity index (χ3n) is 5.24. The number of carbonyl (C=O) groups is 2. The topological polar surface area (TPSA) is 96.9 Å². The number of nitrogens with zero attached hydrogens (tertiary/aromatic N) is 4. The zero-order chi connectivity index (χ0) is 22.6. The molecule has 0 radical (unpaired) electrons. The van der Waals surface area contributed by atoms with E-state index in [1.165, 1.54) is 23.1 Å². The third-order valence-corrected chi connectivity index (χ3v) is 7.35. The molecular weight excluding hydrogens is 462 g/mol. The third kappa shape index (κ3) is 5.04. The van der Waals surface area contributed by atoms with Gasteiger partial charge < -0.3 is 24.6 Å². The Hall–Kier alpha value is -3.31. The molecule has 0 atom stereocenters. The second kappa shape index (κ2) is 9.67. The van der Waals surface area contributed by atoms with Crippen molar-refractivity contribution < 1.29 is 19.1 Å². The maximum absolute atomic E-state index is 12.9. The van der Waals surface area contributed by atoms with Gasteiger partial charge in [-0.15, -0.1) is 10.2 Å². The molecule has 0 bridgehead atoms. The number of amides is 2. The number of fused-ring (bicyclic) bond motifs is 1. The van der Waals surface area contributed by atoms with Gasteiger partial charge in [-0.1, -0.05) is 41.3 Å². The fraction of sp³-hybridized carbons (Fsp3) is 0.273. The quantitative estimate of drug-likeness (QED) is 0.535. The lowest BCUT2D eigenvalue weighted by molar-refractivity contribution is -0.113. The van der Waals surface area contributed by atoms with Crippen molar-refractivity contribution in [2.45, 2.75) is 4.34 Å². The number of hydrogen-bond donors (Lipinski definition) is 1. The van der Waals surface area contributed by atoms with E-state index in [1.54, 1.807) is 18.2 Å². The Balaban J connectivity index is 1.11. The van der Waals surface area contributed by atoms with Gasteiger partial charge in [-0.05, 0) is 30.3 Å². The minimum atomic E-state index is -0.0846. The van der Waals surface area contributed by atoms with Crippen LogP contribution in [0.1, 0.15) is 10.4 Å². The predicted octanol–water partition coefficient (Wildman–Crippen LogP) is 2.96. The highest BCUT2D eigenvalue weighted by Gasteiger charge is 2.25. The van der Waals surface area contributed by atoms with Gasteiger partial charge in [0.1, 0.15) is 0 Å². The molecule has 0 spiro atoms. The zero-order valence-corrected chi connectivity index (χ0v) is 19.2. The van der Waals surface area contributed by atoms with Crippen molar-refractivity contribution >= 4 is 45.7 Å². The number of aromatic nitrogens is 2. The average molecular weight is 484 g/mol. The van der Waals surface area contributed by atoms with Crippen LogP contribution in [0.4, 0.5) is 10.8 Å². The van der Waals surface area contributed by atoms with Gasteiger partial charge in [-0.2, -0.15) is 0 Å². The number of piperazine rings is 1. The van der Waals surface area contributed by atoms with E-state index in [0.29, 0.717) is 43.2 Å². The van der Waals surface area contributed by atoms with E-state index >= 15 is 0 Å². The Labute approximate surface area is 198 Å². The maximum atomic E-state index is 12.9. The summed E-state index contributed by atoms with van der Waals surface area (Å²) >= 11 is 2.82. The summed E-state index contributed by atoms with van der Waals surface area (Å²) in [7, 11) is 0. The van der Waals surface area contributed by atoms with Crippen LogP contribution in [0.5, 0.6) is 11.5 Å². The Morgan fingerprint density at radius 2 is 1.79 bits per heavy atom. The van der Waals surface area contributed by atoms with Crippen LogP contribution in [0.2, 0.25) is 0 Å². The van der Waals surface area contributed by atoms with Crippen molar-refractivity contribution in [3.63, 3.8) is 0 Å². The monoisotopic (exact) mass is 483 g/mol. The van der Waals surface area contributed by atoms with Crippen LogP contribution in [0.15, 0.2) is 52.9 Å². The molecule has 0 aliphatic carbocycles. The molecule has 33 heavy (non-hydrogen) atoms. The van der Waals surface area contributed by atoms with Gasteiger partial charge in [0.05, 0.1) is 5.75 Å². The summed E-state index contributed by atoms with van der Waals surface area (Å²) in [4.78, 5) is 29.0. The molecule has 5 rings (SSSR count). The molecule has 2 aliphatic rings. The first-order chi connectivity index (χ1) is 16.2. The van der Waals surface area contributed by atoms with Crippen molar-refractivity contribution in [2.75, 3.05) is 48.9 Å². The van der Waals surface area contributed by atoms with Gasteiger partial charge in [0, 0.05) is 37.4 Å². The molecule has 1 fully saturated rings. The van der Waals surface area contributed by atoms with E-state index in [1.807, 2.05) is 35.2 Å². The van der Waals surface area contributed by atoms with Gasteiger partial charge in [0.15, 0.2) is 15.8 Å². The van der Waals surface area contributed by atoms with E-state index < -0.39 is 0 Å². The fourth-order valence-corrected chi connectivity index (χ4v) is 5.24. The molecule has 0 saturated carbocycles. The highest BCUT2D eigenvalue weighted by atomic mass is 32.2. The number of thioether (sulfide) groups is 1. The molecule has 1 N–H and O–H groups in total. The molecule has 0 unspecified atom stereocenters. The van der Waals surface area contributed by atoms with Crippen molar-refractivity contribution in [1.82, 2.24) is 15.1 Å². The summed E-state index contributed by atoms with van der Waals surface area (Å²) in [6.07, 6.45) is 0. The lowest BCUT2D eigenvalue weighted by Gasteiger charge is -2.34. The lowest BCUT2D eigenvalue weighted by Crippen LogP contribution is -2.48. The van der Waals surface area contributed by atoms with Crippen molar-refractivity contribution in [2.24, 2.45) is 0 Å². The van der Waals surface area contributed by atoms with Gasteiger partial charge in [-0.3, -0.25) is 9.59 Å². The molecule has 9 nitrogen and oxygen atoms in total. The fourth-order valence-electron chi connectivity index (χ4n) is 3.55. The smallest absolute Gasteiger partial charge is 0.254 e. The second-order valence-corrected chi connectivity index (χ2v) is 9.58. The summed E-state index contributed by atoms with van der Waals surface area (Å²) in [5, 5.41) is 12.1. The van der Waals surface area contributed by atoms with Crippen molar-refractivity contribution in [3.05, 3.63) is 54.1 Å². The number of anilines is 2. The molecule has 3 aromatic rings. The minimum absolute atomic E-state index is 0.0223. The molecule has 170 valence electrons. The van der Waals surface area contributed by atoms with Crippen LogP contribution in [0.3, 0.4) is 0 Å². The molecule has 1 saturated heterocycles. The van der Waals surface area contributed by atoms with Crippen LogP contribution >= 0.6 is 23.1 Å². The highest BCUT2D eigenvalue weighted by molar-refractivity contribution is 8.01. The number of carbonyl (C=O) groups excluding carboxylic acids is 2. The molecule has 2 aromatic carbocycles. The Bertz CT molecular complexity index is 1150.